The van der Waals surface area contributed by atoms with E-state index in [0.717, 1.165) is 22.3 Å². The minimum Gasteiger partial charge on any atom is -0.508 e. The highest BCUT2D eigenvalue weighted by molar-refractivity contribution is 5.96. The number of nitrogens with two attached hydrogens (primary N) is 1. The molecule has 3 aromatic rings. The molecule has 0 radical (unpaired) electrons. The summed E-state index contributed by atoms with van der Waals surface area (Å²) in [6, 6.07) is 10.5. The van der Waals surface area contributed by atoms with Crippen LogP contribution in [0.3, 0.4) is 0 Å². The zero-order valence-electron chi connectivity index (χ0n) is 13.4. The Hall–Kier alpha value is -3.21. The first-order valence-electron chi connectivity index (χ1n) is 7.49. The average Bonchev–Trinajstić information content (AvgIpc) is 2.59. The van der Waals surface area contributed by atoms with Gasteiger partial charge < -0.3 is 10.8 Å². The second-order valence-corrected chi connectivity index (χ2v) is 5.64. The summed E-state index contributed by atoms with van der Waals surface area (Å²) in [6.45, 7) is 3.80. The molecule has 1 heterocycles. The number of hydrogen-bond acceptors (Lipinski definition) is 4. The molecule has 1 aromatic heterocycles. The third-order valence-corrected chi connectivity index (χ3v) is 3.97. The summed E-state index contributed by atoms with van der Waals surface area (Å²) in [4.78, 5) is 20.2. The van der Waals surface area contributed by atoms with Gasteiger partial charge in [-0.15, -0.1) is 0 Å². The molecule has 0 atom stereocenters. The predicted octanol–water partition coefficient (Wildman–Crippen LogP) is 3.23. The number of primary amides is 1. The van der Waals surface area contributed by atoms with Gasteiger partial charge >= 0.3 is 0 Å². The number of carbonyl (C=O) groups excluding carboxylic acids is 1. The number of carbonyl (C=O) groups is 1. The molecule has 3 N–H and O–H groups in total. The summed E-state index contributed by atoms with van der Waals surface area (Å²) in [6.07, 6.45) is 3.29. The molecule has 0 fully saturated rings. The molecule has 0 bridgehead atoms. The van der Waals surface area contributed by atoms with E-state index in [1.807, 2.05) is 26.0 Å². The van der Waals surface area contributed by atoms with Crippen molar-refractivity contribution in [1.82, 2.24) is 9.97 Å². The summed E-state index contributed by atoms with van der Waals surface area (Å²) < 4.78 is 0. The molecule has 3 rings (SSSR count). The van der Waals surface area contributed by atoms with Crippen molar-refractivity contribution in [1.29, 1.82) is 0 Å². The van der Waals surface area contributed by atoms with Crippen molar-refractivity contribution in [3.05, 3.63) is 65.5 Å². The highest BCUT2D eigenvalue weighted by Crippen LogP contribution is 2.34. The minimum absolute atomic E-state index is 0.206. The van der Waals surface area contributed by atoms with Crippen LogP contribution < -0.4 is 5.73 Å². The van der Waals surface area contributed by atoms with Crippen LogP contribution in [0.4, 0.5) is 0 Å². The number of phenols is 1. The summed E-state index contributed by atoms with van der Waals surface area (Å²) in [7, 11) is 0. The van der Waals surface area contributed by atoms with Crippen LogP contribution in [0.2, 0.25) is 0 Å². The lowest BCUT2D eigenvalue weighted by atomic mass is 9.92. The van der Waals surface area contributed by atoms with Gasteiger partial charge in [-0.25, -0.2) is 9.97 Å². The lowest BCUT2D eigenvalue weighted by molar-refractivity contribution is 0.100. The third kappa shape index (κ3) is 2.84. The van der Waals surface area contributed by atoms with Crippen molar-refractivity contribution in [2.24, 2.45) is 5.73 Å². The molecule has 1 amide bonds. The monoisotopic (exact) mass is 319 g/mol. The minimum atomic E-state index is -0.524. The van der Waals surface area contributed by atoms with Crippen molar-refractivity contribution in [3.63, 3.8) is 0 Å². The van der Waals surface area contributed by atoms with Crippen molar-refractivity contribution in [2.45, 2.75) is 13.8 Å². The molecule has 0 spiro atoms. The summed E-state index contributed by atoms with van der Waals surface area (Å²) in [5.41, 5.74) is 9.96. The first-order valence-corrected chi connectivity index (χ1v) is 7.49. The Morgan fingerprint density at radius 1 is 1.04 bits per heavy atom. The van der Waals surface area contributed by atoms with E-state index in [9.17, 15) is 9.90 Å². The highest BCUT2D eigenvalue weighted by Gasteiger charge is 2.14. The largest absolute Gasteiger partial charge is 0.508 e. The number of nitrogens with zero attached hydrogens (tertiary/aromatic N) is 2. The van der Waals surface area contributed by atoms with Gasteiger partial charge in [-0.1, -0.05) is 6.07 Å². The van der Waals surface area contributed by atoms with E-state index in [-0.39, 0.29) is 5.75 Å². The zero-order valence-corrected chi connectivity index (χ0v) is 13.4. The maximum absolute atomic E-state index is 11.7. The first-order chi connectivity index (χ1) is 11.5. The maximum Gasteiger partial charge on any atom is 0.248 e. The van der Waals surface area contributed by atoms with Gasteiger partial charge in [0.25, 0.3) is 0 Å². The molecule has 0 aliphatic rings. The van der Waals surface area contributed by atoms with Crippen molar-refractivity contribution in [3.8, 4) is 28.3 Å². The molecule has 2 aromatic carbocycles. The Balaban J connectivity index is 2.28. The fraction of sp³-hybridized carbons (Fsp3) is 0.105. The van der Waals surface area contributed by atoms with Crippen LogP contribution in [-0.4, -0.2) is 21.0 Å². The number of aromatic hydroxyl groups is 1. The Morgan fingerprint density at radius 3 is 2.38 bits per heavy atom. The van der Waals surface area contributed by atoms with Gasteiger partial charge in [0, 0.05) is 23.5 Å². The highest BCUT2D eigenvalue weighted by atomic mass is 16.3. The molecular weight excluding hydrogens is 302 g/mol. The SMILES string of the molecule is Cc1ccc(O)c(C)c1-c1cc(C(N)=O)cc(-c2ncccn2)c1. The van der Waals surface area contributed by atoms with Gasteiger partial charge in [0.05, 0.1) is 0 Å². The van der Waals surface area contributed by atoms with Gasteiger partial charge in [0.2, 0.25) is 5.91 Å². The van der Waals surface area contributed by atoms with Gasteiger partial charge in [-0.05, 0) is 66.4 Å². The Bertz CT molecular complexity index is 921. The van der Waals surface area contributed by atoms with E-state index in [1.54, 1.807) is 36.7 Å². The van der Waals surface area contributed by atoms with E-state index < -0.39 is 5.91 Å². The van der Waals surface area contributed by atoms with Crippen LogP contribution in [0.5, 0.6) is 5.75 Å². The molecule has 0 unspecified atom stereocenters. The summed E-state index contributed by atoms with van der Waals surface area (Å²) in [5.74, 6) is 0.194. The molecule has 5 nitrogen and oxygen atoms in total. The number of hydrogen-bond donors (Lipinski definition) is 2. The first kappa shape index (κ1) is 15.7. The van der Waals surface area contributed by atoms with Crippen molar-refractivity contribution < 1.29 is 9.90 Å². The number of benzene rings is 2. The van der Waals surface area contributed by atoms with Gasteiger partial charge in [0.1, 0.15) is 5.75 Å². The lowest BCUT2D eigenvalue weighted by Crippen LogP contribution is -2.11. The Kier molecular flexibility index (Phi) is 4.00. The normalized spacial score (nSPS) is 10.6. The Labute approximate surface area is 139 Å². The van der Waals surface area contributed by atoms with Crippen molar-refractivity contribution >= 4 is 5.91 Å². The van der Waals surface area contributed by atoms with Crippen LogP contribution in [0, 0.1) is 13.8 Å². The van der Waals surface area contributed by atoms with Crippen molar-refractivity contribution in [2.75, 3.05) is 0 Å². The molecule has 120 valence electrons. The summed E-state index contributed by atoms with van der Waals surface area (Å²) >= 11 is 0. The second kappa shape index (κ2) is 6.12. The van der Waals surface area contributed by atoms with Gasteiger partial charge in [0.15, 0.2) is 5.82 Å². The molecule has 0 aliphatic heterocycles. The summed E-state index contributed by atoms with van der Waals surface area (Å²) in [5, 5.41) is 10.0. The predicted molar refractivity (Wildman–Crippen MR) is 92.6 cm³/mol. The Morgan fingerprint density at radius 2 is 1.71 bits per heavy atom. The fourth-order valence-corrected chi connectivity index (χ4v) is 2.77. The van der Waals surface area contributed by atoms with Crippen LogP contribution in [-0.2, 0) is 0 Å². The van der Waals surface area contributed by atoms with Crippen LogP contribution >= 0.6 is 0 Å². The van der Waals surface area contributed by atoms with Gasteiger partial charge in [-0.2, -0.15) is 0 Å². The van der Waals surface area contributed by atoms with Crippen LogP contribution in [0.15, 0.2) is 48.8 Å². The molecule has 0 saturated carbocycles. The average molecular weight is 319 g/mol. The van der Waals surface area contributed by atoms with E-state index in [4.69, 9.17) is 5.73 Å². The van der Waals surface area contributed by atoms with E-state index in [2.05, 4.69) is 9.97 Å². The zero-order chi connectivity index (χ0) is 17.3. The smallest absolute Gasteiger partial charge is 0.248 e. The van der Waals surface area contributed by atoms with E-state index in [1.165, 1.54) is 0 Å². The third-order valence-electron chi connectivity index (χ3n) is 3.97. The second-order valence-electron chi connectivity index (χ2n) is 5.64. The number of phenolic OH excluding ortho intramolecular Hbond substituents is 1. The fourth-order valence-electron chi connectivity index (χ4n) is 2.77. The lowest BCUT2D eigenvalue weighted by Gasteiger charge is -2.14. The number of amides is 1. The van der Waals surface area contributed by atoms with Crippen LogP contribution in [0.25, 0.3) is 22.5 Å². The van der Waals surface area contributed by atoms with Crippen LogP contribution in [0.1, 0.15) is 21.5 Å². The molecular formula is C19H17N3O2. The molecule has 0 saturated heterocycles. The van der Waals surface area contributed by atoms with Gasteiger partial charge in [-0.3, -0.25) is 4.79 Å². The molecule has 5 heteroatoms. The van der Waals surface area contributed by atoms with E-state index >= 15 is 0 Å². The number of rotatable bonds is 3. The quantitative estimate of drug-likeness (QED) is 0.775. The van der Waals surface area contributed by atoms with E-state index in [0.29, 0.717) is 17.0 Å². The topological polar surface area (TPSA) is 89.1 Å². The number of aryl methyl sites for hydroxylation is 1. The maximum atomic E-state index is 11.7. The standard InChI is InChI=1S/C19H17N3O2/c1-11-4-5-16(23)12(2)17(11)13-8-14(18(20)24)10-15(9-13)19-21-6-3-7-22-19/h3-10,23H,1-2H3,(H2,20,24). The molecule has 0 aliphatic carbocycles. The number of aromatic nitrogens is 2. The molecule has 24 heavy (non-hydrogen) atoms.